The van der Waals surface area contributed by atoms with E-state index >= 15 is 0 Å². The van der Waals surface area contributed by atoms with Crippen molar-refractivity contribution in [2.24, 2.45) is 0 Å². The quantitative estimate of drug-likeness (QED) is 0.675. The van der Waals surface area contributed by atoms with Gasteiger partial charge in [-0.1, -0.05) is 56.6 Å². The minimum absolute atomic E-state index is 0.0463. The summed E-state index contributed by atoms with van der Waals surface area (Å²) in [7, 11) is 0. The zero-order valence-electron chi connectivity index (χ0n) is 13.0. The molecule has 0 atom stereocenters. The van der Waals surface area contributed by atoms with E-state index in [0.29, 0.717) is 10.6 Å². The number of carbonyl (C=O) groups is 1. The summed E-state index contributed by atoms with van der Waals surface area (Å²) in [5.41, 5.74) is 3.73. The Labute approximate surface area is 132 Å². The SMILES string of the molecule is CCC(C)(C)c1ccc(C(=O)c2ccc(Cl)cc2C)cc1. The number of aryl methyl sites for hydroxylation is 1. The molecular weight excluding hydrogens is 280 g/mol. The third kappa shape index (κ3) is 3.36. The van der Waals surface area contributed by atoms with Gasteiger partial charge in [0.2, 0.25) is 0 Å². The van der Waals surface area contributed by atoms with E-state index in [1.54, 1.807) is 12.1 Å². The Morgan fingerprint density at radius 2 is 1.71 bits per heavy atom. The molecule has 1 nitrogen and oxygen atoms in total. The van der Waals surface area contributed by atoms with Crippen molar-refractivity contribution >= 4 is 17.4 Å². The predicted molar refractivity (Wildman–Crippen MR) is 89.4 cm³/mol. The zero-order chi connectivity index (χ0) is 15.6. The fourth-order valence-electron chi connectivity index (χ4n) is 2.31. The third-order valence-electron chi connectivity index (χ3n) is 4.25. The normalized spacial score (nSPS) is 11.5. The first-order chi connectivity index (χ1) is 9.85. The Morgan fingerprint density at radius 3 is 2.24 bits per heavy atom. The second kappa shape index (κ2) is 6.03. The number of hydrogen-bond donors (Lipinski definition) is 0. The van der Waals surface area contributed by atoms with Crippen molar-refractivity contribution < 1.29 is 4.79 Å². The lowest BCUT2D eigenvalue weighted by atomic mass is 9.82. The van der Waals surface area contributed by atoms with Crippen LogP contribution in [0.4, 0.5) is 0 Å². The maximum Gasteiger partial charge on any atom is 0.193 e. The molecule has 0 aliphatic rings. The highest BCUT2D eigenvalue weighted by Crippen LogP contribution is 2.27. The monoisotopic (exact) mass is 300 g/mol. The second-order valence-electron chi connectivity index (χ2n) is 6.10. The van der Waals surface area contributed by atoms with Crippen LogP contribution in [-0.4, -0.2) is 5.78 Å². The van der Waals surface area contributed by atoms with Crippen LogP contribution < -0.4 is 0 Å². The lowest BCUT2D eigenvalue weighted by Crippen LogP contribution is -2.15. The number of carbonyl (C=O) groups excluding carboxylic acids is 1. The van der Waals surface area contributed by atoms with Crippen LogP contribution in [0.1, 0.15) is 54.2 Å². The minimum Gasteiger partial charge on any atom is -0.289 e. The van der Waals surface area contributed by atoms with Crippen LogP contribution in [0.2, 0.25) is 5.02 Å². The Kier molecular flexibility index (Phi) is 4.53. The van der Waals surface area contributed by atoms with Crippen molar-refractivity contribution in [2.45, 2.75) is 39.5 Å². The van der Waals surface area contributed by atoms with E-state index < -0.39 is 0 Å². The van der Waals surface area contributed by atoms with Crippen LogP contribution in [0.3, 0.4) is 0 Å². The third-order valence-corrected chi connectivity index (χ3v) is 4.48. The lowest BCUT2D eigenvalue weighted by molar-refractivity contribution is 0.103. The van der Waals surface area contributed by atoms with Crippen LogP contribution >= 0.6 is 11.6 Å². The summed E-state index contributed by atoms with van der Waals surface area (Å²) in [6, 6.07) is 13.3. The molecule has 0 heterocycles. The number of rotatable bonds is 4. The molecule has 2 heteroatoms. The number of halogens is 1. The molecule has 2 rings (SSSR count). The first-order valence-corrected chi connectivity index (χ1v) is 7.64. The summed E-state index contributed by atoms with van der Waals surface area (Å²) in [6.45, 7) is 8.52. The van der Waals surface area contributed by atoms with Crippen LogP contribution in [0, 0.1) is 6.92 Å². The van der Waals surface area contributed by atoms with Crippen molar-refractivity contribution in [2.75, 3.05) is 0 Å². The minimum atomic E-state index is 0.0463. The predicted octanol–water partition coefficient (Wildman–Crippen LogP) is 5.57. The highest BCUT2D eigenvalue weighted by atomic mass is 35.5. The Morgan fingerprint density at radius 1 is 1.10 bits per heavy atom. The van der Waals surface area contributed by atoms with Gasteiger partial charge in [0.25, 0.3) is 0 Å². The van der Waals surface area contributed by atoms with Crippen LogP contribution in [0.25, 0.3) is 0 Å². The Balaban J connectivity index is 2.32. The molecule has 0 saturated carbocycles. The van der Waals surface area contributed by atoms with Gasteiger partial charge in [0.1, 0.15) is 0 Å². The summed E-state index contributed by atoms with van der Waals surface area (Å²) >= 11 is 5.94. The van der Waals surface area contributed by atoms with E-state index in [9.17, 15) is 4.79 Å². The van der Waals surface area contributed by atoms with Gasteiger partial charge in [0, 0.05) is 16.1 Å². The summed E-state index contributed by atoms with van der Waals surface area (Å²) in [5.74, 6) is 0.0463. The molecular formula is C19H21ClO. The van der Waals surface area contributed by atoms with Gasteiger partial charge in [0.15, 0.2) is 5.78 Å². The number of ketones is 1. The van der Waals surface area contributed by atoms with E-state index in [4.69, 9.17) is 11.6 Å². The second-order valence-corrected chi connectivity index (χ2v) is 6.54. The molecule has 0 aliphatic carbocycles. The topological polar surface area (TPSA) is 17.1 Å². The molecule has 0 saturated heterocycles. The van der Waals surface area contributed by atoms with Crippen molar-refractivity contribution in [3.63, 3.8) is 0 Å². The molecule has 2 aromatic rings. The average molecular weight is 301 g/mol. The smallest absolute Gasteiger partial charge is 0.193 e. The van der Waals surface area contributed by atoms with Gasteiger partial charge in [0.05, 0.1) is 0 Å². The Bertz CT molecular complexity index is 654. The molecule has 21 heavy (non-hydrogen) atoms. The molecule has 0 amide bonds. The van der Waals surface area contributed by atoms with Crippen molar-refractivity contribution in [1.29, 1.82) is 0 Å². The first-order valence-electron chi connectivity index (χ1n) is 7.26. The maximum absolute atomic E-state index is 12.6. The Hall–Kier alpha value is -1.60. The number of hydrogen-bond acceptors (Lipinski definition) is 1. The van der Waals surface area contributed by atoms with Gasteiger partial charge in [-0.05, 0) is 48.1 Å². The van der Waals surface area contributed by atoms with E-state index in [1.165, 1.54) is 5.56 Å². The van der Waals surface area contributed by atoms with Crippen molar-refractivity contribution in [1.82, 2.24) is 0 Å². The summed E-state index contributed by atoms with van der Waals surface area (Å²) in [4.78, 5) is 12.6. The van der Waals surface area contributed by atoms with Gasteiger partial charge in [-0.2, -0.15) is 0 Å². The van der Waals surface area contributed by atoms with Gasteiger partial charge >= 0.3 is 0 Å². The van der Waals surface area contributed by atoms with Crippen molar-refractivity contribution in [3.05, 3.63) is 69.7 Å². The van der Waals surface area contributed by atoms with Crippen LogP contribution in [0.5, 0.6) is 0 Å². The van der Waals surface area contributed by atoms with E-state index in [-0.39, 0.29) is 11.2 Å². The van der Waals surface area contributed by atoms with E-state index in [0.717, 1.165) is 17.5 Å². The van der Waals surface area contributed by atoms with Crippen LogP contribution in [0.15, 0.2) is 42.5 Å². The zero-order valence-corrected chi connectivity index (χ0v) is 13.8. The fraction of sp³-hybridized carbons (Fsp3) is 0.316. The van der Waals surface area contributed by atoms with Gasteiger partial charge in [-0.25, -0.2) is 0 Å². The molecule has 0 unspecified atom stereocenters. The van der Waals surface area contributed by atoms with Gasteiger partial charge in [-0.15, -0.1) is 0 Å². The molecule has 0 aromatic heterocycles. The standard InChI is InChI=1S/C19H21ClO/c1-5-19(3,4)15-8-6-14(7-9-15)18(21)17-11-10-16(20)12-13(17)2/h6-12H,5H2,1-4H3. The van der Waals surface area contributed by atoms with Crippen molar-refractivity contribution in [3.8, 4) is 0 Å². The molecule has 0 radical (unpaired) electrons. The summed E-state index contributed by atoms with van der Waals surface area (Å²) < 4.78 is 0. The molecule has 0 spiro atoms. The molecule has 0 bridgehead atoms. The molecule has 0 aliphatic heterocycles. The molecule has 0 fully saturated rings. The summed E-state index contributed by atoms with van der Waals surface area (Å²) in [5, 5.41) is 0.657. The summed E-state index contributed by atoms with van der Waals surface area (Å²) in [6.07, 6.45) is 1.07. The first kappa shape index (κ1) is 15.8. The van der Waals surface area contributed by atoms with Crippen LogP contribution in [-0.2, 0) is 5.41 Å². The highest BCUT2D eigenvalue weighted by molar-refractivity contribution is 6.30. The average Bonchev–Trinajstić information content (AvgIpc) is 2.47. The molecule has 0 N–H and O–H groups in total. The largest absolute Gasteiger partial charge is 0.289 e. The van der Waals surface area contributed by atoms with Gasteiger partial charge in [-0.3, -0.25) is 4.79 Å². The van der Waals surface area contributed by atoms with E-state index in [1.807, 2.05) is 25.1 Å². The van der Waals surface area contributed by atoms with E-state index in [2.05, 4.69) is 32.9 Å². The van der Waals surface area contributed by atoms with Gasteiger partial charge < -0.3 is 0 Å². The lowest BCUT2D eigenvalue weighted by Gasteiger charge is -2.23. The highest BCUT2D eigenvalue weighted by Gasteiger charge is 2.19. The maximum atomic E-state index is 12.6. The molecule has 2 aromatic carbocycles. The number of benzene rings is 2. The fourth-order valence-corrected chi connectivity index (χ4v) is 2.54. The molecule has 110 valence electrons.